The van der Waals surface area contributed by atoms with E-state index in [1.165, 1.54) is 0 Å². The van der Waals surface area contributed by atoms with Crippen molar-refractivity contribution in [1.82, 2.24) is 10.6 Å². The molecule has 13 heteroatoms. The molecule has 0 saturated carbocycles. The summed E-state index contributed by atoms with van der Waals surface area (Å²) in [5.74, 6) is -2.97. The van der Waals surface area contributed by atoms with E-state index in [2.05, 4.69) is 20.3 Å². The van der Waals surface area contributed by atoms with Crippen LogP contribution in [0.25, 0.3) is 0 Å². The third-order valence-corrected chi connectivity index (χ3v) is 6.91. The number of nitrogens with one attached hydrogen (secondary N) is 3. The number of halogens is 3. The summed E-state index contributed by atoms with van der Waals surface area (Å²) >= 11 is 0. The second-order valence-electron chi connectivity index (χ2n) is 8.47. The van der Waals surface area contributed by atoms with E-state index in [-0.39, 0.29) is 16.8 Å². The smallest absolute Gasteiger partial charge is 0.475 e. The number of carbonyl (C=O) groups is 2. The lowest BCUT2D eigenvalue weighted by Gasteiger charge is -2.31. The molecule has 4 N–H and O–H groups in total. The van der Waals surface area contributed by atoms with Crippen molar-refractivity contribution in [2.45, 2.75) is 44.3 Å². The van der Waals surface area contributed by atoms with Gasteiger partial charge in [-0.25, -0.2) is 13.2 Å². The van der Waals surface area contributed by atoms with Crippen molar-refractivity contribution in [2.75, 3.05) is 35.8 Å². The van der Waals surface area contributed by atoms with Crippen LogP contribution in [0, 0.1) is 6.92 Å². The minimum Gasteiger partial charge on any atom is -0.475 e. The van der Waals surface area contributed by atoms with Crippen LogP contribution in [0.4, 0.5) is 24.5 Å². The molecular weight excluding hydrogens is 513 g/mol. The molecule has 3 rings (SSSR count). The molecule has 0 aliphatic carbocycles. The van der Waals surface area contributed by atoms with E-state index >= 15 is 0 Å². The fourth-order valence-corrected chi connectivity index (χ4v) is 4.34. The molecule has 2 aromatic rings. The SMILES string of the molecule is CCC(C)NC(=O)c1ccc(N2CCNCC2)c(NS(=O)(=O)c2ccc(C)cc2)c1.O=C(O)C(F)(F)F. The van der Waals surface area contributed by atoms with Crippen molar-refractivity contribution >= 4 is 33.3 Å². The van der Waals surface area contributed by atoms with Gasteiger partial charge in [0.15, 0.2) is 0 Å². The number of sulfonamides is 1. The number of alkyl halides is 3. The first-order valence-electron chi connectivity index (χ1n) is 11.5. The number of nitrogens with zero attached hydrogens (tertiary/aromatic N) is 1. The highest BCUT2D eigenvalue weighted by Gasteiger charge is 2.38. The molecule has 1 unspecified atom stereocenters. The standard InChI is InChI=1S/C22H30N4O3S.C2HF3O2/c1-4-17(3)24-22(27)18-7-10-21(26-13-11-23-12-14-26)20(15-18)25-30(28,29)19-8-5-16(2)6-9-19;3-2(4,5)1(6)7/h5-10,15,17,23,25H,4,11-14H2,1-3H3,(H,24,27);(H,6,7). The number of carbonyl (C=O) groups excluding carboxylic acids is 1. The minimum atomic E-state index is -5.08. The molecule has 1 heterocycles. The average molecular weight is 545 g/mol. The van der Waals surface area contributed by atoms with Crippen LogP contribution in [0.15, 0.2) is 47.4 Å². The third kappa shape index (κ3) is 8.93. The van der Waals surface area contributed by atoms with Crippen molar-refractivity contribution in [2.24, 2.45) is 0 Å². The molecule has 204 valence electrons. The van der Waals surface area contributed by atoms with Crippen LogP contribution in [0.2, 0.25) is 0 Å². The fraction of sp³-hybridized carbons (Fsp3) is 0.417. The maximum absolute atomic E-state index is 13.0. The van der Waals surface area contributed by atoms with Gasteiger partial charge in [-0.05, 0) is 50.6 Å². The van der Waals surface area contributed by atoms with Crippen LogP contribution in [-0.2, 0) is 14.8 Å². The van der Waals surface area contributed by atoms with Crippen molar-refractivity contribution in [1.29, 1.82) is 0 Å². The molecule has 0 bridgehead atoms. The van der Waals surface area contributed by atoms with E-state index in [0.717, 1.165) is 43.9 Å². The Morgan fingerprint density at radius 2 is 1.68 bits per heavy atom. The quantitative estimate of drug-likeness (QED) is 0.421. The summed E-state index contributed by atoms with van der Waals surface area (Å²) in [6.07, 6.45) is -4.27. The highest BCUT2D eigenvalue weighted by atomic mass is 32.2. The van der Waals surface area contributed by atoms with Gasteiger partial charge in [-0.15, -0.1) is 0 Å². The van der Waals surface area contributed by atoms with E-state index in [1.807, 2.05) is 26.8 Å². The number of piperazine rings is 1. The van der Waals surface area contributed by atoms with E-state index in [1.54, 1.807) is 36.4 Å². The highest BCUT2D eigenvalue weighted by Crippen LogP contribution is 2.30. The predicted octanol–water partition coefficient (Wildman–Crippen LogP) is 3.37. The molecule has 0 aromatic heterocycles. The summed E-state index contributed by atoms with van der Waals surface area (Å²) < 4.78 is 60.5. The Morgan fingerprint density at radius 3 is 2.19 bits per heavy atom. The van der Waals surface area contributed by atoms with Gasteiger partial charge in [0, 0.05) is 37.8 Å². The maximum Gasteiger partial charge on any atom is 0.490 e. The van der Waals surface area contributed by atoms with Gasteiger partial charge < -0.3 is 20.6 Å². The van der Waals surface area contributed by atoms with Crippen LogP contribution in [0.5, 0.6) is 0 Å². The predicted molar refractivity (Wildman–Crippen MR) is 134 cm³/mol. The molecule has 2 aromatic carbocycles. The molecule has 1 saturated heterocycles. The van der Waals surface area contributed by atoms with Crippen LogP contribution in [-0.4, -0.2) is 63.8 Å². The Labute approximate surface area is 214 Å². The lowest BCUT2D eigenvalue weighted by atomic mass is 10.1. The second-order valence-corrected chi connectivity index (χ2v) is 10.2. The second kappa shape index (κ2) is 12.8. The van der Waals surface area contributed by atoms with Gasteiger partial charge in [0.1, 0.15) is 0 Å². The Balaban J connectivity index is 0.000000604. The number of benzene rings is 2. The molecule has 0 spiro atoms. The fourth-order valence-electron chi connectivity index (χ4n) is 3.27. The number of amides is 1. The van der Waals surface area contributed by atoms with Gasteiger partial charge in [-0.3, -0.25) is 9.52 Å². The van der Waals surface area contributed by atoms with Crippen LogP contribution < -0.4 is 20.3 Å². The van der Waals surface area contributed by atoms with Crippen LogP contribution in [0.1, 0.15) is 36.2 Å². The molecule has 1 atom stereocenters. The molecule has 1 fully saturated rings. The van der Waals surface area contributed by atoms with Gasteiger partial charge in [-0.1, -0.05) is 24.6 Å². The first kappa shape index (κ1) is 29.9. The number of hydrogen-bond acceptors (Lipinski definition) is 6. The Kier molecular flexibility index (Phi) is 10.3. The maximum atomic E-state index is 13.0. The number of anilines is 2. The topological polar surface area (TPSA) is 128 Å². The Bertz CT molecular complexity index is 1180. The zero-order valence-electron chi connectivity index (χ0n) is 20.7. The molecule has 1 amide bonds. The number of hydrogen-bond donors (Lipinski definition) is 4. The van der Waals surface area contributed by atoms with Crippen molar-refractivity contribution < 1.29 is 36.3 Å². The third-order valence-electron chi connectivity index (χ3n) is 5.52. The largest absolute Gasteiger partial charge is 0.490 e. The highest BCUT2D eigenvalue weighted by molar-refractivity contribution is 7.92. The number of rotatable bonds is 7. The van der Waals surface area contributed by atoms with Crippen LogP contribution >= 0.6 is 0 Å². The summed E-state index contributed by atoms with van der Waals surface area (Å²) in [5.41, 5.74) is 2.59. The number of aliphatic carboxylic acids is 1. The van der Waals surface area contributed by atoms with Gasteiger partial charge in [0.25, 0.3) is 15.9 Å². The van der Waals surface area contributed by atoms with Crippen molar-refractivity contribution in [3.8, 4) is 0 Å². The monoisotopic (exact) mass is 544 g/mol. The minimum absolute atomic E-state index is 0.0399. The Morgan fingerprint density at radius 1 is 1.11 bits per heavy atom. The van der Waals surface area contributed by atoms with Gasteiger partial charge in [-0.2, -0.15) is 13.2 Å². The van der Waals surface area contributed by atoms with E-state index in [4.69, 9.17) is 9.90 Å². The molecule has 9 nitrogen and oxygen atoms in total. The van der Waals surface area contributed by atoms with Crippen LogP contribution in [0.3, 0.4) is 0 Å². The molecule has 1 aliphatic heterocycles. The van der Waals surface area contributed by atoms with Gasteiger partial charge in [0.2, 0.25) is 0 Å². The number of carboxylic acids is 1. The molecule has 0 radical (unpaired) electrons. The lowest BCUT2D eigenvalue weighted by Crippen LogP contribution is -2.43. The summed E-state index contributed by atoms with van der Waals surface area (Å²) in [6.45, 7) is 9.01. The molecule has 1 aliphatic rings. The first-order valence-corrected chi connectivity index (χ1v) is 13.0. The summed E-state index contributed by atoms with van der Waals surface area (Å²) in [7, 11) is -3.79. The summed E-state index contributed by atoms with van der Waals surface area (Å²) in [5, 5.41) is 13.4. The average Bonchev–Trinajstić information content (AvgIpc) is 2.84. The molecule has 37 heavy (non-hydrogen) atoms. The Hall–Kier alpha value is -3.32. The van der Waals surface area contributed by atoms with Gasteiger partial charge >= 0.3 is 12.1 Å². The number of carboxylic acid groups (broad SMARTS) is 1. The van der Waals surface area contributed by atoms with Crippen molar-refractivity contribution in [3.05, 3.63) is 53.6 Å². The lowest BCUT2D eigenvalue weighted by molar-refractivity contribution is -0.192. The first-order chi connectivity index (χ1) is 17.2. The summed E-state index contributed by atoms with van der Waals surface area (Å²) in [4.78, 5) is 23.8. The zero-order chi connectivity index (χ0) is 27.8. The van der Waals surface area contributed by atoms with E-state index in [0.29, 0.717) is 11.3 Å². The van der Waals surface area contributed by atoms with E-state index < -0.39 is 22.2 Å². The van der Waals surface area contributed by atoms with E-state index in [9.17, 15) is 26.4 Å². The van der Waals surface area contributed by atoms with Gasteiger partial charge in [0.05, 0.1) is 16.3 Å². The summed E-state index contributed by atoms with van der Waals surface area (Å²) in [6, 6.07) is 11.9. The molecular formula is C24H31F3N4O5S. The number of aryl methyl sites for hydroxylation is 1. The zero-order valence-corrected chi connectivity index (χ0v) is 21.5. The van der Waals surface area contributed by atoms with Crippen molar-refractivity contribution in [3.63, 3.8) is 0 Å². The normalized spacial score (nSPS) is 14.7.